The normalized spacial score (nSPS) is 9.94. The molecular formula is C13H19NO3. The van der Waals surface area contributed by atoms with Crippen molar-refractivity contribution < 1.29 is 14.3 Å². The fourth-order valence-electron chi connectivity index (χ4n) is 1.25. The van der Waals surface area contributed by atoms with Crippen LogP contribution >= 0.6 is 0 Å². The average molecular weight is 237 g/mol. The van der Waals surface area contributed by atoms with Gasteiger partial charge in [0.15, 0.2) is 0 Å². The van der Waals surface area contributed by atoms with Gasteiger partial charge in [-0.2, -0.15) is 0 Å². The first kappa shape index (κ1) is 13.5. The Morgan fingerprint density at radius 3 is 2.71 bits per heavy atom. The van der Waals surface area contributed by atoms with E-state index in [9.17, 15) is 4.79 Å². The highest BCUT2D eigenvalue weighted by atomic mass is 16.6. The highest BCUT2D eigenvalue weighted by Crippen LogP contribution is 2.07. The minimum absolute atomic E-state index is 0.241. The molecule has 94 valence electrons. The predicted octanol–water partition coefficient (Wildman–Crippen LogP) is 1.61. The fraction of sp³-hybridized carbons (Fsp3) is 0.462. The molecule has 0 saturated carbocycles. The van der Waals surface area contributed by atoms with Crippen molar-refractivity contribution in [3.05, 3.63) is 30.3 Å². The van der Waals surface area contributed by atoms with Crippen molar-refractivity contribution in [1.29, 1.82) is 0 Å². The first-order chi connectivity index (χ1) is 8.33. The minimum Gasteiger partial charge on any atom is -0.490 e. The first-order valence-corrected chi connectivity index (χ1v) is 5.87. The molecule has 0 radical (unpaired) electrons. The van der Waals surface area contributed by atoms with Crippen LogP contribution < -0.4 is 10.1 Å². The lowest BCUT2D eigenvalue weighted by atomic mass is 10.3. The Labute approximate surface area is 102 Å². The predicted molar refractivity (Wildman–Crippen MR) is 66.1 cm³/mol. The largest absolute Gasteiger partial charge is 0.490 e. The Kier molecular flexibility index (Phi) is 6.82. The van der Waals surface area contributed by atoms with E-state index in [-0.39, 0.29) is 19.1 Å². The van der Waals surface area contributed by atoms with Crippen LogP contribution in [0.5, 0.6) is 5.75 Å². The van der Waals surface area contributed by atoms with Crippen molar-refractivity contribution in [3.8, 4) is 5.75 Å². The third-order valence-corrected chi connectivity index (χ3v) is 2.05. The van der Waals surface area contributed by atoms with E-state index in [1.54, 1.807) is 0 Å². The maximum Gasteiger partial charge on any atom is 0.320 e. The van der Waals surface area contributed by atoms with E-state index < -0.39 is 0 Å². The van der Waals surface area contributed by atoms with Crippen LogP contribution in [0.15, 0.2) is 30.3 Å². The van der Waals surface area contributed by atoms with Gasteiger partial charge in [0.1, 0.15) is 19.0 Å². The van der Waals surface area contributed by atoms with Crippen molar-refractivity contribution in [1.82, 2.24) is 5.32 Å². The van der Waals surface area contributed by atoms with Crippen LogP contribution in [0.4, 0.5) is 0 Å². The Morgan fingerprint density at radius 2 is 2.00 bits per heavy atom. The van der Waals surface area contributed by atoms with Gasteiger partial charge in [0.05, 0.1) is 6.54 Å². The van der Waals surface area contributed by atoms with Crippen molar-refractivity contribution >= 4 is 5.97 Å². The maximum atomic E-state index is 11.2. The van der Waals surface area contributed by atoms with Crippen LogP contribution in [-0.4, -0.2) is 32.3 Å². The number of nitrogens with one attached hydrogen (secondary N) is 1. The van der Waals surface area contributed by atoms with Gasteiger partial charge in [-0.15, -0.1) is 0 Å². The summed E-state index contributed by atoms with van der Waals surface area (Å²) in [5.74, 6) is 0.544. The van der Waals surface area contributed by atoms with Crippen molar-refractivity contribution in [2.24, 2.45) is 0 Å². The molecule has 0 spiro atoms. The fourth-order valence-corrected chi connectivity index (χ4v) is 1.25. The molecule has 0 aliphatic carbocycles. The quantitative estimate of drug-likeness (QED) is 0.551. The zero-order valence-electron chi connectivity index (χ0n) is 10.1. The Morgan fingerprint density at radius 1 is 1.24 bits per heavy atom. The molecule has 0 aliphatic heterocycles. The van der Waals surface area contributed by atoms with E-state index in [0.29, 0.717) is 6.61 Å². The standard InChI is InChI=1S/C13H19NO3/c1-2-8-14-11-13(15)17-10-9-16-12-6-4-3-5-7-12/h3-7,14H,2,8-11H2,1H3. The molecule has 0 unspecified atom stereocenters. The monoisotopic (exact) mass is 237 g/mol. The maximum absolute atomic E-state index is 11.2. The highest BCUT2D eigenvalue weighted by molar-refractivity contribution is 5.71. The van der Waals surface area contributed by atoms with Crippen LogP contribution in [0.3, 0.4) is 0 Å². The Balaban J connectivity index is 2.02. The summed E-state index contributed by atoms with van der Waals surface area (Å²) in [5, 5.41) is 2.98. The molecule has 0 aliphatic rings. The molecule has 0 amide bonds. The number of esters is 1. The third-order valence-electron chi connectivity index (χ3n) is 2.05. The first-order valence-electron chi connectivity index (χ1n) is 5.87. The van der Waals surface area contributed by atoms with E-state index in [1.807, 2.05) is 37.3 Å². The average Bonchev–Trinajstić information content (AvgIpc) is 2.36. The Hall–Kier alpha value is -1.55. The van der Waals surface area contributed by atoms with E-state index in [1.165, 1.54) is 0 Å². The van der Waals surface area contributed by atoms with Gasteiger partial charge in [-0.3, -0.25) is 4.79 Å². The molecule has 0 bridgehead atoms. The molecule has 0 saturated heterocycles. The summed E-state index contributed by atoms with van der Waals surface area (Å²) in [6.45, 7) is 3.80. The summed E-state index contributed by atoms with van der Waals surface area (Å²) in [4.78, 5) is 11.2. The van der Waals surface area contributed by atoms with Crippen molar-refractivity contribution in [2.75, 3.05) is 26.3 Å². The molecule has 1 aromatic carbocycles. The summed E-state index contributed by atoms with van der Waals surface area (Å²) >= 11 is 0. The lowest BCUT2D eigenvalue weighted by Crippen LogP contribution is -2.26. The van der Waals surface area contributed by atoms with E-state index in [4.69, 9.17) is 9.47 Å². The highest BCUT2D eigenvalue weighted by Gasteiger charge is 2.01. The molecule has 1 rings (SSSR count). The van der Waals surface area contributed by atoms with Crippen LogP contribution in [0.1, 0.15) is 13.3 Å². The second-order valence-electron chi connectivity index (χ2n) is 3.56. The van der Waals surface area contributed by atoms with E-state index in [2.05, 4.69) is 5.32 Å². The summed E-state index contributed by atoms with van der Waals surface area (Å²) < 4.78 is 10.4. The van der Waals surface area contributed by atoms with E-state index in [0.717, 1.165) is 18.7 Å². The lowest BCUT2D eigenvalue weighted by molar-refractivity contribution is -0.143. The summed E-state index contributed by atoms with van der Waals surface area (Å²) in [5.41, 5.74) is 0. The van der Waals surface area contributed by atoms with Gasteiger partial charge in [-0.05, 0) is 25.1 Å². The SMILES string of the molecule is CCCNCC(=O)OCCOc1ccccc1. The van der Waals surface area contributed by atoms with Crippen molar-refractivity contribution in [3.63, 3.8) is 0 Å². The molecular weight excluding hydrogens is 218 g/mol. The molecule has 1 aromatic rings. The number of para-hydroxylation sites is 1. The van der Waals surface area contributed by atoms with Gasteiger partial charge < -0.3 is 14.8 Å². The van der Waals surface area contributed by atoms with E-state index >= 15 is 0 Å². The van der Waals surface area contributed by atoms with Crippen LogP contribution in [0, 0.1) is 0 Å². The number of benzene rings is 1. The summed E-state index contributed by atoms with van der Waals surface area (Å²) in [7, 11) is 0. The lowest BCUT2D eigenvalue weighted by Gasteiger charge is -2.07. The van der Waals surface area contributed by atoms with Crippen LogP contribution in [-0.2, 0) is 9.53 Å². The topological polar surface area (TPSA) is 47.6 Å². The number of carbonyl (C=O) groups is 1. The molecule has 0 heterocycles. The second kappa shape index (κ2) is 8.58. The number of ether oxygens (including phenoxy) is 2. The third kappa shape index (κ3) is 6.58. The van der Waals surface area contributed by atoms with Crippen LogP contribution in [0.25, 0.3) is 0 Å². The Bertz CT molecular complexity index is 314. The van der Waals surface area contributed by atoms with Gasteiger partial charge in [0.25, 0.3) is 0 Å². The van der Waals surface area contributed by atoms with Crippen LogP contribution in [0.2, 0.25) is 0 Å². The zero-order chi connectivity index (χ0) is 12.3. The smallest absolute Gasteiger partial charge is 0.320 e. The van der Waals surface area contributed by atoms with Gasteiger partial charge in [0, 0.05) is 0 Å². The molecule has 17 heavy (non-hydrogen) atoms. The van der Waals surface area contributed by atoms with Gasteiger partial charge >= 0.3 is 5.97 Å². The van der Waals surface area contributed by atoms with Gasteiger partial charge in [-0.25, -0.2) is 0 Å². The second-order valence-corrected chi connectivity index (χ2v) is 3.56. The molecule has 0 aromatic heterocycles. The molecule has 0 atom stereocenters. The molecule has 1 N–H and O–H groups in total. The zero-order valence-corrected chi connectivity index (χ0v) is 10.1. The molecule has 0 fully saturated rings. The molecule has 4 heteroatoms. The van der Waals surface area contributed by atoms with Gasteiger partial charge in [0.2, 0.25) is 0 Å². The number of carbonyl (C=O) groups excluding carboxylic acids is 1. The summed E-state index contributed by atoms with van der Waals surface area (Å²) in [6, 6.07) is 9.45. The minimum atomic E-state index is -0.241. The summed E-state index contributed by atoms with van der Waals surface area (Å²) in [6.07, 6.45) is 1.00. The number of hydrogen-bond acceptors (Lipinski definition) is 4. The number of rotatable bonds is 8. The molecule has 4 nitrogen and oxygen atoms in total. The van der Waals surface area contributed by atoms with Gasteiger partial charge in [-0.1, -0.05) is 25.1 Å². The number of hydrogen-bond donors (Lipinski definition) is 1. The van der Waals surface area contributed by atoms with Crippen molar-refractivity contribution in [2.45, 2.75) is 13.3 Å².